The third-order valence-electron chi connectivity index (χ3n) is 5.76. The highest BCUT2D eigenvalue weighted by Crippen LogP contribution is 2.44. The zero-order valence-corrected chi connectivity index (χ0v) is 18.8. The van der Waals surface area contributed by atoms with Crippen LogP contribution in [0, 0.1) is 0 Å². The number of ether oxygens (including phenoxy) is 3. The van der Waals surface area contributed by atoms with Crippen molar-refractivity contribution in [3.05, 3.63) is 77.5 Å². The van der Waals surface area contributed by atoms with E-state index in [1.54, 1.807) is 55.5 Å². The molecule has 0 spiro atoms. The number of nitrogens with zero attached hydrogens (tertiary/aromatic N) is 2. The fourth-order valence-electron chi connectivity index (χ4n) is 4.20. The van der Waals surface area contributed by atoms with Gasteiger partial charge >= 0.3 is 5.91 Å². The summed E-state index contributed by atoms with van der Waals surface area (Å²) in [5.41, 5.74) is 0.628. The highest BCUT2D eigenvalue weighted by atomic mass is 16.6. The minimum atomic E-state index is -1.02. The molecule has 9 heteroatoms. The SMILES string of the molecule is CCOc1cc(C2/C(=C(\O)c3ccc4c(c3)OCCO4)C(=O)C(=O)N2c2ccccn2)ccc1O. The standard InChI is InChI=1S/C26H22N2O7/c1-2-33-19-13-15(6-8-17(19)29)23-22(25(31)26(32)28(23)21-5-3-4-10-27-21)24(30)16-7-9-18-20(14-16)35-12-11-34-18/h3-10,13-14,23,29-30H,2,11-12H2,1H3/b24-22+. The summed E-state index contributed by atoms with van der Waals surface area (Å²) in [5.74, 6) is -0.759. The second kappa shape index (κ2) is 9.02. The van der Waals surface area contributed by atoms with Crippen LogP contribution in [0.15, 0.2) is 66.4 Å². The van der Waals surface area contributed by atoms with Crippen molar-refractivity contribution in [2.75, 3.05) is 24.7 Å². The Labute approximate surface area is 200 Å². The zero-order chi connectivity index (χ0) is 24.5. The fraction of sp³-hybridized carbons (Fsp3) is 0.192. The van der Waals surface area contributed by atoms with Crippen molar-refractivity contribution in [3.8, 4) is 23.0 Å². The predicted octanol–water partition coefficient (Wildman–Crippen LogP) is 3.58. The first-order valence-electron chi connectivity index (χ1n) is 11.1. The monoisotopic (exact) mass is 474 g/mol. The summed E-state index contributed by atoms with van der Waals surface area (Å²) >= 11 is 0. The quantitative estimate of drug-likeness (QED) is 0.327. The van der Waals surface area contributed by atoms with E-state index in [4.69, 9.17) is 14.2 Å². The number of rotatable bonds is 5. The highest BCUT2D eigenvalue weighted by Gasteiger charge is 2.47. The number of aliphatic hydroxyl groups is 1. The van der Waals surface area contributed by atoms with Gasteiger partial charge in [-0.2, -0.15) is 0 Å². The Morgan fingerprint density at radius 2 is 1.89 bits per heavy atom. The van der Waals surface area contributed by atoms with Crippen molar-refractivity contribution in [3.63, 3.8) is 0 Å². The minimum Gasteiger partial charge on any atom is -0.507 e. The average Bonchev–Trinajstić information content (AvgIpc) is 3.15. The van der Waals surface area contributed by atoms with E-state index in [2.05, 4.69) is 4.98 Å². The summed E-state index contributed by atoms with van der Waals surface area (Å²) in [5, 5.41) is 21.5. The predicted molar refractivity (Wildman–Crippen MR) is 126 cm³/mol. The van der Waals surface area contributed by atoms with Gasteiger partial charge in [0.1, 0.15) is 24.8 Å². The van der Waals surface area contributed by atoms with E-state index in [0.717, 1.165) is 0 Å². The molecule has 1 amide bonds. The lowest BCUT2D eigenvalue weighted by atomic mass is 9.94. The van der Waals surface area contributed by atoms with Crippen molar-refractivity contribution >= 4 is 23.3 Å². The molecule has 2 aliphatic heterocycles. The van der Waals surface area contributed by atoms with Crippen molar-refractivity contribution < 1.29 is 34.0 Å². The number of aromatic nitrogens is 1. The zero-order valence-electron chi connectivity index (χ0n) is 18.8. The van der Waals surface area contributed by atoms with Crippen molar-refractivity contribution in [1.82, 2.24) is 4.98 Å². The first kappa shape index (κ1) is 22.3. The molecule has 0 aliphatic carbocycles. The summed E-state index contributed by atoms with van der Waals surface area (Å²) in [4.78, 5) is 32.0. The van der Waals surface area contributed by atoms with E-state index in [1.807, 2.05) is 0 Å². The van der Waals surface area contributed by atoms with Crippen LogP contribution in [0.5, 0.6) is 23.0 Å². The number of carbonyl (C=O) groups excluding carboxylic acids is 2. The van der Waals surface area contributed by atoms with Crippen LogP contribution < -0.4 is 19.1 Å². The summed E-state index contributed by atoms with van der Waals surface area (Å²) in [6.07, 6.45) is 1.51. The molecule has 0 bridgehead atoms. The van der Waals surface area contributed by atoms with Gasteiger partial charge in [-0.05, 0) is 55.0 Å². The molecule has 3 heterocycles. The van der Waals surface area contributed by atoms with Gasteiger partial charge in [-0.25, -0.2) is 4.98 Å². The number of aliphatic hydroxyl groups excluding tert-OH is 1. The molecule has 1 unspecified atom stereocenters. The van der Waals surface area contributed by atoms with Crippen LogP contribution in [-0.4, -0.2) is 46.7 Å². The molecular weight excluding hydrogens is 452 g/mol. The van der Waals surface area contributed by atoms with E-state index in [1.165, 1.54) is 17.2 Å². The normalized spacial score (nSPS) is 18.5. The van der Waals surface area contributed by atoms with Crippen LogP contribution in [-0.2, 0) is 9.59 Å². The number of phenols is 1. The maximum absolute atomic E-state index is 13.3. The topological polar surface area (TPSA) is 118 Å². The Bertz CT molecular complexity index is 1340. The smallest absolute Gasteiger partial charge is 0.301 e. The Hall–Kier alpha value is -4.53. The molecular formula is C26H22N2O7. The molecule has 1 aromatic heterocycles. The van der Waals surface area contributed by atoms with Crippen LogP contribution in [0.25, 0.3) is 5.76 Å². The van der Waals surface area contributed by atoms with Crippen LogP contribution in [0.2, 0.25) is 0 Å². The van der Waals surface area contributed by atoms with E-state index in [9.17, 15) is 19.8 Å². The molecule has 178 valence electrons. The Morgan fingerprint density at radius 1 is 1.09 bits per heavy atom. The second-order valence-electron chi connectivity index (χ2n) is 7.88. The number of benzene rings is 2. The number of fused-ring (bicyclic) bond motifs is 1. The van der Waals surface area contributed by atoms with Gasteiger partial charge in [0.2, 0.25) is 0 Å². The van der Waals surface area contributed by atoms with Gasteiger partial charge in [0.05, 0.1) is 18.2 Å². The van der Waals surface area contributed by atoms with E-state index in [-0.39, 0.29) is 28.6 Å². The molecule has 2 aliphatic rings. The van der Waals surface area contributed by atoms with E-state index < -0.39 is 17.7 Å². The third-order valence-corrected chi connectivity index (χ3v) is 5.76. The molecule has 1 saturated heterocycles. The molecule has 2 N–H and O–H groups in total. The molecule has 0 radical (unpaired) electrons. The Morgan fingerprint density at radius 3 is 2.63 bits per heavy atom. The van der Waals surface area contributed by atoms with Gasteiger partial charge in [0.25, 0.3) is 5.78 Å². The maximum Gasteiger partial charge on any atom is 0.301 e. The molecule has 1 fully saturated rings. The van der Waals surface area contributed by atoms with Gasteiger partial charge < -0.3 is 24.4 Å². The lowest BCUT2D eigenvalue weighted by Gasteiger charge is -2.25. The van der Waals surface area contributed by atoms with Crippen LogP contribution >= 0.6 is 0 Å². The van der Waals surface area contributed by atoms with Gasteiger partial charge in [-0.15, -0.1) is 0 Å². The summed E-state index contributed by atoms with van der Waals surface area (Å²) in [7, 11) is 0. The van der Waals surface area contributed by atoms with Crippen molar-refractivity contribution in [2.24, 2.45) is 0 Å². The number of hydrogen-bond donors (Lipinski definition) is 2. The number of ketones is 1. The first-order valence-corrected chi connectivity index (χ1v) is 11.1. The minimum absolute atomic E-state index is 0.0859. The van der Waals surface area contributed by atoms with Crippen LogP contribution in [0.4, 0.5) is 5.82 Å². The van der Waals surface area contributed by atoms with Gasteiger partial charge in [0.15, 0.2) is 23.0 Å². The second-order valence-corrected chi connectivity index (χ2v) is 7.88. The molecule has 2 aromatic carbocycles. The van der Waals surface area contributed by atoms with Gasteiger partial charge in [-0.3, -0.25) is 14.5 Å². The Balaban J connectivity index is 1.70. The number of hydrogen-bond acceptors (Lipinski definition) is 8. The Kier molecular flexibility index (Phi) is 5.74. The summed E-state index contributed by atoms with van der Waals surface area (Å²) in [6.45, 7) is 2.84. The lowest BCUT2D eigenvalue weighted by molar-refractivity contribution is -0.132. The number of carbonyl (C=O) groups is 2. The number of phenolic OH excluding ortho intramolecular Hbond substituents is 1. The van der Waals surface area contributed by atoms with Gasteiger partial charge in [0, 0.05) is 11.8 Å². The van der Waals surface area contributed by atoms with Crippen LogP contribution in [0.1, 0.15) is 24.1 Å². The fourth-order valence-corrected chi connectivity index (χ4v) is 4.20. The number of Topliss-reactive ketones (excluding diaryl/α,β-unsaturated/α-hetero) is 1. The third kappa shape index (κ3) is 3.90. The van der Waals surface area contributed by atoms with Crippen molar-refractivity contribution in [1.29, 1.82) is 0 Å². The number of pyridine rings is 1. The van der Waals surface area contributed by atoms with E-state index >= 15 is 0 Å². The average molecular weight is 474 g/mol. The molecule has 3 aromatic rings. The molecule has 35 heavy (non-hydrogen) atoms. The summed E-state index contributed by atoms with van der Waals surface area (Å²) in [6, 6.07) is 13.3. The maximum atomic E-state index is 13.3. The number of anilines is 1. The number of amides is 1. The van der Waals surface area contributed by atoms with Crippen LogP contribution in [0.3, 0.4) is 0 Å². The molecule has 1 atom stereocenters. The largest absolute Gasteiger partial charge is 0.507 e. The lowest BCUT2D eigenvalue weighted by Crippen LogP contribution is -2.30. The highest BCUT2D eigenvalue weighted by molar-refractivity contribution is 6.51. The molecule has 0 saturated carbocycles. The van der Waals surface area contributed by atoms with E-state index in [0.29, 0.717) is 42.4 Å². The van der Waals surface area contributed by atoms with Crippen molar-refractivity contribution in [2.45, 2.75) is 13.0 Å². The number of aromatic hydroxyl groups is 1. The molecule has 5 rings (SSSR count). The summed E-state index contributed by atoms with van der Waals surface area (Å²) < 4.78 is 16.7. The first-order chi connectivity index (χ1) is 17.0. The molecule has 9 nitrogen and oxygen atoms in total. The van der Waals surface area contributed by atoms with Gasteiger partial charge in [-0.1, -0.05) is 12.1 Å².